The van der Waals surface area contributed by atoms with Crippen molar-refractivity contribution in [2.75, 3.05) is 31.5 Å². The molecule has 0 radical (unpaired) electrons. The fourth-order valence-corrected chi connectivity index (χ4v) is 2.36. The number of rotatable bonds is 7. The van der Waals surface area contributed by atoms with Gasteiger partial charge < -0.3 is 14.6 Å². The van der Waals surface area contributed by atoms with Crippen LogP contribution in [0.25, 0.3) is 11.0 Å². The topological polar surface area (TPSA) is 88.6 Å². The molecule has 1 aromatic heterocycles. The van der Waals surface area contributed by atoms with Crippen LogP contribution in [0.15, 0.2) is 33.5 Å². The Kier molecular flexibility index (Phi) is 5.11. The smallest absolute Gasteiger partial charge is 0.417 e. The second-order valence-corrected chi connectivity index (χ2v) is 4.82. The van der Waals surface area contributed by atoms with Crippen LogP contribution >= 0.6 is 0 Å². The minimum atomic E-state index is -0.936. The summed E-state index contributed by atoms with van der Waals surface area (Å²) in [6.45, 7) is 7.15. The van der Waals surface area contributed by atoms with Gasteiger partial charge in [-0.15, -0.1) is 0 Å². The highest BCUT2D eigenvalue weighted by atomic mass is 16.6. The first-order valence-corrected chi connectivity index (χ1v) is 7.24. The van der Waals surface area contributed by atoms with Crippen LogP contribution in [0.4, 0.5) is 11.4 Å². The van der Waals surface area contributed by atoms with Crippen LogP contribution in [0.3, 0.4) is 0 Å². The molecule has 0 fully saturated rings. The molecule has 0 saturated heterocycles. The quantitative estimate of drug-likeness (QED) is 0.480. The molecule has 0 aliphatic carbocycles. The number of anilines is 1. The maximum Gasteiger partial charge on any atom is 0.417 e. The van der Waals surface area contributed by atoms with Crippen LogP contribution in [0.2, 0.25) is 0 Å². The van der Waals surface area contributed by atoms with E-state index in [1.54, 1.807) is 24.3 Å². The monoisotopic (exact) mass is 305 g/mol. The normalized spacial score (nSPS) is 11.0. The van der Waals surface area contributed by atoms with Crippen LogP contribution in [0.1, 0.15) is 13.8 Å². The van der Waals surface area contributed by atoms with Gasteiger partial charge in [0.25, 0.3) is 0 Å². The van der Waals surface area contributed by atoms with Crippen molar-refractivity contribution in [2.45, 2.75) is 13.8 Å². The second-order valence-electron chi connectivity index (χ2n) is 4.82. The van der Waals surface area contributed by atoms with Gasteiger partial charge >= 0.3 is 11.3 Å². The zero-order valence-corrected chi connectivity index (χ0v) is 12.7. The van der Waals surface area contributed by atoms with E-state index in [0.29, 0.717) is 17.5 Å². The Morgan fingerprint density at radius 2 is 1.95 bits per heavy atom. The third kappa shape index (κ3) is 3.25. The molecule has 0 saturated carbocycles. The molecule has 0 amide bonds. The Hall–Kier alpha value is -2.41. The Balaban J connectivity index is 2.39. The molecular weight excluding hydrogens is 286 g/mol. The number of nitro groups is 1. The molecule has 22 heavy (non-hydrogen) atoms. The molecule has 7 heteroatoms. The van der Waals surface area contributed by atoms with Crippen molar-refractivity contribution in [3.8, 4) is 0 Å². The molecular formula is C15H19N3O4. The Labute approximate surface area is 127 Å². The van der Waals surface area contributed by atoms with E-state index >= 15 is 0 Å². The van der Waals surface area contributed by atoms with E-state index in [1.165, 1.54) is 0 Å². The number of fused-ring (bicyclic) bond motifs is 1. The van der Waals surface area contributed by atoms with Gasteiger partial charge in [-0.3, -0.25) is 10.1 Å². The molecule has 118 valence electrons. The molecule has 1 heterocycles. The summed E-state index contributed by atoms with van der Waals surface area (Å²) < 4.78 is 5.02. The zero-order chi connectivity index (χ0) is 16.1. The van der Waals surface area contributed by atoms with Gasteiger partial charge in [0.05, 0.1) is 4.92 Å². The molecule has 0 aliphatic heterocycles. The lowest BCUT2D eigenvalue weighted by atomic mass is 10.2. The SMILES string of the molecule is CCN(CC)CCNc1c([N+](=O)[O-])c(=O)oc2ccccc12. The predicted molar refractivity (Wildman–Crippen MR) is 85.4 cm³/mol. The summed E-state index contributed by atoms with van der Waals surface area (Å²) in [4.78, 5) is 24.5. The number of nitrogens with zero attached hydrogens (tertiary/aromatic N) is 2. The van der Waals surface area contributed by atoms with Crippen molar-refractivity contribution in [1.82, 2.24) is 4.90 Å². The van der Waals surface area contributed by atoms with E-state index in [2.05, 4.69) is 24.1 Å². The van der Waals surface area contributed by atoms with E-state index in [0.717, 1.165) is 19.6 Å². The van der Waals surface area contributed by atoms with Crippen LogP contribution in [-0.2, 0) is 0 Å². The minimum absolute atomic E-state index is 0.226. The van der Waals surface area contributed by atoms with Crippen LogP contribution < -0.4 is 10.9 Å². The van der Waals surface area contributed by atoms with Gasteiger partial charge in [-0.25, -0.2) is 4.79 Å². The molecule has 0 unspecified atom stereocenters. The largest absolute Gasteiger partial charge is 0.418 e. The molecule has 2 rings (SSSR count). The summed E-state index contributed by atoms with van der Waals surface area (Å²) in [6, 6.07) is 6.79. The Morgan fingerprint density at radius 1 is 1.27 bits per heavy atom. The fourth-order valence-electron chi connectivity index (χ4n) is 2.36. The molecule has 1 N–H and O–H groups in total. The fraction of sp³-hybridized carbons (Fsp3) is 0.400. The van der Waals surface area contributed by atoms with Crippen molar-refractivity contribution in [1.29, 1.82) is 0 Å². The van der Waals surface area contributed by atoms with E-state index < -0.39 is 16.2 Å². The van der Waals surface area contributed by atoms with Gasteiger partial charge in [0.15, 0.2) is 0 Å². The summed E-state index contributed by atoms with van der Waals surface area (Å²) in [5, 5.41) is 14.8. The van der Waals surface area contributed by atoms with Gasteiger partial charge in [-0.2, -0.15) is 0 Å². The number of likely N-dealkylation sites (N-methyl/N-ethyl adjacent to an activating group) is 1. The summed E-state index contributed by atoms with van der Waals surface area (Å²) in [5.41, 5.74) is -0.917. The summed E-state index contributed by atoms with van der Waals surface area (Å²) in [5.74, 6) is 0. The number of hydrogen-bond acceptors (Lipinski definition) is 6. The Morgan fingerprint density at radius 3 is 2.59 bits per heavy atom. The first-order chi connectivity index (χ1) is 10.6. The van der Waals surface area contributed by atoms with Crippen molar-refractivity contribution < 1.29 is 9.34 Å². The first-order valence-electron chi connectivity index (χ1n) is 7.24. The van der Waals surface area contributed by atoms with Crippen molar-refractivity contribution in [3.05, 3.63) is 44.8 Å². The maximum atomic E-state index is 11.8. The zero-order valence-electron chi connectivity index (χ0n) is 12.7. The molecule has 2 aromatic rings. The van der Waals surface area contributed by atoms with Gasteiger partial charge in [-0.1, -0.05) is 26.0 Å². The summed E-state index contributed by atoms with van der Waals surface area (Å²) in [7, 11) is 0. The van der Waals surface area contributed by atoms with Crippen molar-refractivity contribution in [3.63, 3.8) is 0 Å². The second kappa shape index (κ2) is 7.04. The highest BCUT2D eigenvalue weighted by molar-refractivity contribution is 5.94. The van der Waals surface area contributed by atoms with Crippen molar-refractivity contribution >= 4 is 22.3 Å². The standard InChI is InChI=1S/C15H19N3O4/c1-3-17(4-2)10-9-16-13-11-7-5-6-8-12(11)22-15(19)14(13)18(20)21/h5-8,16H,3-4,9-10H2,1-2H3. The molecule has 0 aliphatic rings. The summed E-state index contributed by atoms with van der Waals surface area (Å²) in [6.07, 6.45) is 0. The van der Waals surface area contributed by atoms with E-state index in [4.69, 9.17) is 4.42 Å². The maximum absolute atomic E-state index is 11.8. The average molecular weight is 305 g/mol. The van der Waals surface area contributed by atoms with Crippen LogP contribution in [-0.4, -0.2) is 36.0 Å². The predicted octanol–water partition coefficient (Wildman–Crippen LogP) is 2.45. The lowest BCUT2D eigenvalue weighted by molar-refractivity contribution is -0.386. The average Bonchev–Trinajstić information content (AvgIpc) is 2.50. The molecule has 7 nitrogen and oxygen atoms in total. The number of benzene rings is 1. The number of para-hydroxylation sites is 1. The lowest BCUT2D eigenvalue weighted by Crippen LogP contribution is -2.29. The highest BCUT2D eigenvalue weighted by Gasteiger charge is 2.24. The van der Waals surface area contributed by atoms with Crippen LogP contribution in [0.5, 0.6) is 0 Å². The minimum Gasteiger partial charge on any atom is -0.418 e. The highest BCUT2D eigenvalue weighted by Crippen LogP contribution is 2.29. The molecule has 1 aromatic carbocycles. The van der Waals surface area contributed by atoms with Crippen LogP contribution in [0, 0.1) is 10.1 Å². The molecule has 0 spiro atoms. The van der Waals surface area contributed by atoms with Crippen molar-refractivity contribution in [2.24, 2.45) is 0 Å². The van der Waals surface area contributed by atoms with Gasteiger partial charge in [0.1, 0.15) is 11.3 Å². The van der Waals surface area contributed by atoms with E-state index in [-0.39, 0.29) is 5.69 Å². The lowest BCUT2D eigenvalue weighted by Gasteiger charge is -2.18. The first kappa shape index (κ1) is 16.0. The number of nitrogens with one attached hydrogen (secondary N) is 1. The molecule has 0 atom stereocenters. The van der Waals surface area contributed by atoms with Gasteiger partial charge in [0, 0.05) is 18.5 Å². The van der Waals surface area contributed by atoms with E-state index in [1.807, 2.05) is 0 Å². The third-order valence-electron chi connectivity index (χ3n) is 3.60. The van der Waals surface area contributed by atoms with Gasteiger partial charge in [0.2, 0.25) is 0 Å². The Bertz CT molecular complexity index is 722. The van der Waals surface area contributed by atoms with Gasteiger partial charge in [-0.05, 0) is 25.2 Å². The number of hydrogen-bond donors (Lipinski definition) is 1. The third-order valence-corrected chi connectivity index (χ3v) is 3.60. The van der Waals surface area contributed by atoms with E-state index in [9.17, 15) is 14.9 Å². The molecule has 0 bridgehead atoms. The summed E-state index contributed by atoms with van der Waals surface area (Å²) >= 11 is 0.